The molecule has 1 saturated heterocycles. The Morgan fingerprint density at radius 3 is 2.76 bits per heavy atom. The first-order valence-electron chi connectivity index (χ1n) is 8.05. The number of pyridine rings is 2. The SMILES string of the molecule is Cc1cccc(C(=O)N(Cc2cccnc2)CC2CCNC2)n1.Cl.Cl. The number of nitrogens with one attached hydrogen (secondary N) is 1. The van der Waals surface area contributed by atoms with Crippen LogP contribution in [0.1, 0.15) is 28.2 Å². The van der Waals surface area contributed by atoms with Crippen LogP contribution in [0.3, 0.4) is 0 Å². The third kappa shape index (κ3) is 5.96. The first-order chi connectivity index (χ1) is 11.2. The Morgan fingerprint density at radius 2 is 2.12 bits per heavy atom. The van der Waals surface area contributed by atoms with Crippen LogP contribution < -0.4 is 5.32 Å². The highest BCUT2D eigenvalue weighted by molar-refractivity contribution is 5.92. The number of aryl methyl sites for hydroxylation is 1. The quantitative estimate of drug-likeness (QED) is 0.863. The molecule has 25 heavy (non-hydrogen) atoms. The molecule has 0 bridgehead atoms. The summed E-state index contributed by atoms with van der Waals surface area (Å²) in [5.41, 5.74) is 2.42. The zero-order valence-electron chi connectivity index (χ0n) is 14.2. The molecule has 2 aromatic rings. The molecule has 136 valence electrons. The van der Waals surface area contributed by atoms with Crippen LogP contribution in [0.15, 0.2) is 42.7 Å². The van der Waals surface area contributed by atoms with Crippen LogP contribution in [0.4, 0.5) is 0 Å². The number of aromatic nitrogens is 2. The lowest BCUT2D eigenvalue weighted by molar-refractivity contribution is 0.0712. The van der Waals surface area contributed by atoms with Gasteiger partial charge in [-0.15, -0.1) is 24.8 Å². The van der Waals surface area contributed by atoms with Crippen molar-refractivity contribution in [2.24, 2.45) is 5.92 Å². The highest BCUT2D eigenvalue weighted by atomic mass is 35.5. The van der Waals surface area contributed by atoms with Crippen molar-refractivity contribution in [3.63, 3.8) is 0 Å². The van der Waals surface area contributed by atoms with Gasteiger partial charge in [0.05, 0.1) is 0 Å². The number of hydrogen-bond donors (Lipinski definition) is 1. The van der Waals surface area contributed by atoms with Gasteiger partial charge in [0.2, 0.25) is 0 Å². The Kier molecular flexibility index (Phi) is 8.83. The number of hydrogen-bond acceptors (Lipinski definition) is 4. The van der Waals surface area contributed by atoms with Crippen LogP contribution in [0.5, 0.6) is 0 Å². The summed E-state index contributed by atoms with van der Waals surface area (Å²) in [7, 11) is 0. The minimum Gasteiger partial charge on any atom is -0.333 e. The molecule has 1 fully saturated rings. The van der Waals surface area contributed by atoms with E-state index in [-0.39, 0.29) is 30.7 Å². The average Bonchev–Trinajstić information content (AvgIpc) is 3.08. The average molecular weight is 383 g/mol. The van der Waals surface area contributed by atoms with Crippen molar-refractivity contribution in [2.45, 2.75) is 19.9 Å². The fourth-order valence-electron chi connectivity index (χ4n) is 2.94. The van der Waals surface area contributed by atoms with E-state index in [2.05, 4.69) is 15.3 Å². The standard InChI is InChI=1S/C18H22N4O.2ClH/c1-14-4-2-6-17(21-14)18(23)22(13-16-7-9-20-11-16)12-15-5-3-8-19-10-15;;/h2-6,8,10,16,20H,7,9,11-13H2,1H3;2*1H. The van der Waals surface area contributed by atoms with E-state index in [4.69, 9.17) is 0 Å². The lowest BCUT2D eigenvalue weighted by atomic mass is 10.1. The zero-order valence-corrected chi connectivity index (χ0v) is 15.9. The summed E-state index contributed by atoms with van der Waals surface area (Å²) in [6.45, 7) is 5.22. The van der Waals surface area contributed by atoms with Crippen LogP contribution >= 0.6 is 24.8 Å². The van der Waals surface area contributed by atoms with E-state index in [1.807, 2.05) is 42.3 Å². The van der Waals surface area contributed by atoms with Crippen LogP contribution in [-0.4, -0.2) is 40.4 Å². The highest BCUT2D eigenvalue weighted by Gasteiger charge is 2.23. The van der Waals surface area contributed by atoms with E-state index in [0.29, 0.717) is 18.2 Å². The van der Waals surface area contributed by atoms with E-state index in [9.17, 15) is 4.79 Å². The van der Waals surface area contributed by atoms with Crippen LogP contribution in [0.25, 0.3) is 0 Å². The molecule has 1 aliphatic heterocycles. The fraction of sp³-hybridized carbons (Fsp3) is 0.389. The number of halogens is 2. The fourth-order valence-corrected chi connectivity index (χ4v) is 2.94. The molecule has 2 aromatic heterocycles. The van der Waals surface area contributed by atoms with Gasteiger partial charge in [0.15, 0.2) is 0 Å². The molecule has 3 rings (SSSR count). The van der Waals surface area contributed by atoms with E-state index >= 15 is 0 Å². The van der Waals surface area contributed by atoms with Gasteiger partial charge in [-0.05, 0) is 56.1 Å². The molecule has 0 radical (unpaired) electrons. The zero-order chi connectivity index (χ0) is 16.1. The van der Waals surface area contributed by atoms with Crippen LogP contribution in [0.2, 0.25) is 0 Å². The molecular formula is C18H24Cl2N4O. The maximum atomic E-state index is 12.9. The second kappa shape index (κ2) is 10.3. The number of nitrogens with zero attached hydrogens (tertiary/aromatic N) is 3. The summed E-state index contributed by atoms with van der Waals surface area (Å²) in [4.78, 5) is 23.3. The highest BCUT2D eigenvalue weighted by Crippen LogP contribution is 2.15. The predicted molar refractivity (Wildman–Crippen MR) is 103 cm³/mol. The van der Waals surface area contributed by atoms with Gasteiger partial charge in [-0.2, -0.15) is 0 Å². The van der Waals surface area contributed by atoms with Crippen molar-refractivity contribution in [1.29, 1.82) is 0 Å². The summed E-state index contributed by atoms with van der Waals surface area (Å²) in [5.74, 6) is 0.491. The van der Waals surface area contributed by atoms with Crippen molar-refractivity contribution in [1.82, 2.24) is 20.2 Å². The van der Waals surface area contributed by atoms with Gasteiger partial charge < -0.3 is 10.2 Å². The molecule has 1 aliphatic rings. The lowest BCUT2D eigenvalue weighted by Gasteiger charge is -2.25. The molecule has 1 unspecified atom stereocenters. The molecule has 0 saturated carbocycles. The molecule has 7 heteroatoms. The lowest BCUT2D eigenvalue weighted by Crippen LogP contribution is -2.36. The predicted octanol–water partition coefficient (Wildman–Crippen LogP) is 2.88. The van der Waals surface area contributed by atoms with Crippen molar-refractivity contribution in [3.05, 3.63) is 59.7 Å². The number of amides is 1. The molecule has 1 amide bonds. The molecular weight excluding hydrogens is 359 g/mol. The van der Waals surface area contributed by atoms with Crippen LogP contribution in [0, 0.1) is 12.8 Å². The second-order valence-electron chi connectivity index (χ2n) is 6.07. The topological polar surface area (TPSA) is 58.1 Å². The second-order valence-corrected chi connectivity index (χ2v) is 6.07. The van der Waals surface area contributed by atoms with E-state index in [1.54, 1.807) is 12.3 Å². The summed E-state index contributed by atoms with van der Waals surface area (Å²) in [5, 5.41) is 3.36. The Bertz CT molecular complexity index is 663. The summed E-state index contributed by atoms with van der Waals surface area (Å²) >= 11 is 0. The monoisotopic (exact) mass is 382 g/mol. The number of rotatable bonds is 5. The molecule has 0 spiro atoms. The largest absolute Gasteiger partial charge is 0.333 e. The van der Waals surface area contributed by atoms with E-state index in [1.165, 1.54) is 0 Å². The summed E-state index contributed by atoms with van der Waals surface area (Å²) in [6.07, 6.45) is 4.67. The van der Waals surface area contributed by atoms with Crippen molar-refractivity contribution < 1.29 is 4.79 Å². The van der Waals surface area contributed by atoms with Gasteiger partial charge in [-0.25, -0.2) is 4.98 Å². The maximum absolute atomic E-state index is 12.9. The Hall–Kier alpha value is -1.69. The number of carbonyl (C=O) groups is 1. The van der Waals surface area contributed by atoms with Gasteiger partial charge in [-0.1, -0.05) is 12.1 Å². The first kappa shape index (κ1) is 21.4. The van der Waals surface area contributed by atoms with Gasteiger partial charge in [-0.3, -0.25) is 9.78 Å². The van der Waals surface area contributed by atoms with Gasteiger partial charge in [0.25, 0.3) is 5.91 Å². The Balaban J connectivity index is 0.00000156. The van der Waals surface area contributed by atoms with Gasteiger partial charge >= 0.3 is 0 Å². The minimum absolute atomic E-state index is 0. The molecule has 3 heterocycles. The van der Waals surface area contributed by atoms with Crippen molar-refractivity contribution in [3.8, 4) is 0 Å². The Labute approximate surface area is 161 Å². The first-order valence-corrected chi connectivity index (χ1v) is 8.05. The summed E-state index contributed by atoms with van der Waals surface area (Å²) < 4.78 is 0. The van der Waals surface area contributed by atoms with Gasteiger partial charge in [0.1, 0.15) is 5.69 Å². The van der Waals surface area contributed by atoms with Crippen LogP contribution in [-0.2, 0) is 6.54 Å². The molecule has 0 aliphatic carbocycles. The van der Waals surface area contributed by atoms with Crippen molar-refractivity contribution >= 4 is 30.7 Å². The molecule has 0 aromatic carbocycles. The molecule has 1 atom stereocenters. The van der Waals surface area contributed by atoms with Crippen molar-refractivity contribution in [2.75, 3.05) is 19.6 Å². The third-order valence-corrected chi connectivity index (χ3v) is 4.13. The Morgan fingerprint density at radius 1 is 1.28 bits per heavy atom. The minimum atomic E-state index is -0.00977. The van der Waals surface area contributed by atoms with E-state index < -0.39 is 0 Å². The normalized spacial score (nSPS) is 15.8. The molecule has 5 nitrogen and oxygen atoms in total. The summed E-state index contributed by atoms with van der Waals surface area (Å²) in [6, 6.07) is 9.49. The smallest absolute Gasteiger partial charge is 0.272 e. The number of carbonyl (C=O) groups excluding carboxylic acids is 1. The van der Waals surface area contributed by atoms with Gasteiger partial charge in [0, 0.05) is 31.2 Å². The maximum Gasteiger partial charge on any atom is 0.272 e. The molecule has 1 N–H and O–H groups in total. The third-order valence-electron chi connectivity index (χ3n) is 4.13. The van der Waals surface area contributed by atoms with E-state index in [0.717, 1.165) is 37.3 Å².